The number of benzene rings is 4. The number of sulfonamides is 1. The Labute approximate surface area is 265 Å². The Kier molecular flexibility index (Phi) is 11.5. The molecule has 4 aromatic carbocycles. The van der Waals surface area contributed by atoms with Crippen molar-refractivity contribution in [1.82, 2.24) is 10.2 Å². The van der Waals surface area contributed by atoms with Crippen LogP contribution in [0.3, 0.4) is 0 Å². The van der Waals surface area contributed by atoms with E-state index >= 15 is 4.39 Å². The highest BCUT2D eigenvalue weighted by atomic mass is 32.2. The first-order valence-corrected chi connectivity index (χ1v) is 16.5. The van der Waals surface area contributed by atoms with Gasteiger partial charge in [-0.15, -0.1) is 0 Å². The Morgan fingerprint density at radius 3 is 2.04 bits per heavy atom. The summed E-state index contributed by atoms with van der Waals surface area (Å²) < 4.78 is 44.2. The van der Waals surface area contributed by atoms with Crippen LogP contribution in [0.2, 0.25) is 0 Å². The summed E-state index contributed by atoms with van der Waals surface area (Å²) in [6, 6.07) is 27.6. The molecule has 0 spiro atoms. The monoisotopic (exact) mass is 629 g/mol. The van der Waals surface area contributed by atoms with E-state index in [1.807, 2.05) is 51.1 Å². The summed E-state index contributed by atoms with van der Waals surface area (Å²) >= 11 is 0. The van der Waals surface area contributed by atoms with Gasteiger partial charge in [0.1, 0.15) is 18.4 Å². The van der Waals surface area contributed by atoms with Crippen LogP contribution < -0.4 is 9.62 Å². The van der Waals surface area contributed by atoms with E-state index in [1.165, 1.54) is 23.1 Å². The van der Waals surface area contributed by atoms with Crippen molar-refractivity contribution < 1.29 is 22.4 Å². The van der Waals surface area contributed by atoms with Gasteiger partial charge in [0.15, 0.2) is 0 Å². The third-order valence-corrected chi connectivity index (χ3v) is 9.40. The number of carbonyl (C=O) groups excluding carboxylic acids is 2. The Morgan fingerprint density at radius 2 is 1.42 bits per heavy atom. The number of hydrogen-bond donors (Lipinski definition) is 1. The van der Waals surface area contributed by atoms with E-state index in [-0.39, 0.29) is 29.3 Å². The SMILES string of the molecule is CCCCNC(=O)C(Cc1ccccc1)N(Cc1ccccc1F)C(=O)CN(c1ccc(C)cc1)S(=O)(=O)c1ccc(C)cc1. The molecule has 45 heavy (non-hydrogen) atoms. The molecule has 2 amide bonds. The quantitative estimate of drug-likeness (QED) is 0.169. The maximum atomic E-state index is 15.0. The average molecular weight is 630 g/mol. The van der Waals surface area contributed by atoms with Gasteiger partial charge < -0.3 is 10.2 Å². The molecule has 7 nitrogen and oxygen atoms in total. The van der Waals surface area contributed by atoms with Crippen LogP contribution in [-0.2, 0) is 32.6 Å². The molecule has 236 valence electrons. The van der Waals surface area contributed by atoms with Crippen molar-refractivity contribution >= 4 is 27.5 Å². The van der Waals surface area contributed by atoms with Gasteiger partial charge in [-0.1, -0.05) is 97.3 Å². The van der Waals surface area contributed by atoms with Crippen molar-refractivity contribution in [2.45, 2.75) is 57.5 Å². The molecular formula is C36H40FN3O4S. The van der Waals surface area contributed by atoms with Crippen molar-refractivity contribution in [3.63, 3.8) is 0 Å². The van der Waals surface area contributed by atoms with Gasteiger partial charge in [0.05, 0.1) is 10.6 Å². The third-order valence-electron chi connectivity index (χ3n) is 7.61. The number of unbranched alkanes of at least 4 members (excludes halogenated alkanes) is 1. The zero-order valence-corrected chi connectivity index (χ0v) is 26.8. The van der Waals surface area contributed by atoms with Crippen molar-refractivity contribution in [2.75, 3.05) is 17.4 Å². The predicted octanol–water partition coefficient (Wildman–Crippen LogP) is 6.19. The molecule has 0 radical (unpaired) electrons. The normalized spacial score (nSPS) is 11.9. The maximum Gasteiger partial charge on any atom is 0.264 e. The lowest BCUT2D eigenvalue weighted by Gasteiger charge is -2.34. The van der Waals surface area contributed by atoms with Crippen LogP contribution in [0.1, 0.15) is 42.0 Å². The summed E-state index contributed by atoms with van der Waals surface area (Å²) in [6.45, 7) is 5.35. The molecule has 0 bridgehead atoms. The van der Waals surface area contributed by atoms with Gasteiger partial charge >= 0.3 is 0 Å². The first-order chi connectivity index (χ1) is 21.6. The number of aryl methyl sites for hydroxylation is 2. The lowest BCUT2D eigenvalue weighted by molar-refractivity contribution is -0.140. The first-order valence-electron chi connectivity index (χ1n) is 15.1. The van der Waals surface area contributed by atoms with Gasteiger partial charge in [-0.2, -0.15) is 0 Å². The van der Waals surface area contributed by atoms with E-state index < -0.39 is 34.3 Å². The van der Waals surface area contributed by atoms with Crippen LogP contribution in [0.5, 0.6) is 0 Å². The Morgan fingerprint density at radius 1 is 0.822 bits per heavy atom. The van der Waals surface area contributed by atoms with Crippen molar-refractivity contribution in [3.05, 3.63) is 131 Å². The predicted molar refractivity (Wildman–Crippen MR) is 176 cm³/mol. The molecule has 4 rings (SSSR count). The molecule has 0 aliphatic rings. The number of rotatable bonds is 14. The minimum atomic E-state index is -4.20. The van der Waals surface area contributed by atoms with Crippen LogP contribution in [-0.4, -0.2) is 44.3 Å². The third kappa shape index (κ3) is 8.79. The maximum absolute atomic E-state index is 15.0. The summed E-state index contributed by atoms with van der Waals surface area (Å²) in [4.78, 5) is 29.5. The van der Waals surface area contributed by atoms with Crippen LogP contribution in [0, 0.1) is 19.7 Å². The number of amides is 2. The molecule has 4 aromatic rings. The number of nitrogens with zero attached hydrogens (tertiary/aromatic N) is 2. The minimum absolute atomic E-state index is 0.0280. The van der Waals surface area contributed by atoms with Gasteiger partial charge in [0.25, 0.3) is 10.0 Å². The molecule has 0 heterocycles. The van der Waals surface area contributed by atoms with E-state index in [4.69, 9.17) is 0 Å². The second-order valence-electron chi connectivity index (χ2n) is 11.1. The molecule has 0 saturated carbocycles. The standard InChI is InChI=1S/C36H40FN3O4S/c1-4-5-23-38-36(42)34(24-29-11-7-6-8-12-29)39(25-30-13-9-10-14-33(30)37)35(41)26-40(31-19-15-27(2)16-20-31)45(43,44)32-21-17-28(3)18-22-32/h6-22,34H,4-5,23-26H2,1-3H3,(H,38,42). The molecular weight excluding hydrogens is 589 g/mol. The second kappa shape index (κ2) is 15.5. The van der Waals surface area contributed by atoms with E-state index in [2.05, 4.69) is 5.32 Å². The Hall–Kier alpha value is -4.50. The lowest BCUT2D eigenvalue weighted by atomic mass is 10.0. The topological polar surface area (TPSA) is 86.8 Å². The Bertz CT molecular complexity index is 1680. The van der Waals surface area contributed by atoms with Crippen molar-refractivity contribution in [2.24, 2.45) is 0 Å². The number of carbonyl (C=O) groups is 2. The molecule has 0 saturated heterocycles. The largest absolute Gasteiger partial charge is 0.354 e. The fourth-order valence-electron chi connectivity index (χ4n) is 4.95. The van der Waals surface area contributed by atoms with E-state index in [9.17, 15) is 18.0 Å². The first kappa shape index (κ1) is 33.4. The fraction of sp³-hybridized carbons (Fsp3) is 0.278. The van der Waals surface area contributed by atoms with Gasteiger partial charge in [-0.3, -0.25) is 13.9 Å². The fourth-order valence-corrected chi connectivity index (χ4v) is 6.36. The van der Waals surface area contributed by atoms with Gasteiger partial charge in [-0.05, 0) is 56.2 Å². The lowest BCUT2D eigenvalue weighted by Crippen LogP contribution is -2.53. The number of nitrogens with one attached hydrogen (secondary N) is 1. The van der Waals surface area contributed by atoms with E-state index in [0.717, 1.165) is 33.8 Å². The summed E-state index contributed by atoms with van der Waals surface area (Å²) in [6.07, 6.45) is 1.78. The molecule has 1 unspecified atom stereocenters. The zero-order chi connectivity index (χ0) is 32.4. The van der Waals surface area contributed by atoms with E-state index in [0.29, 0.717) is 12.2 Å². The number of hydrogen-bond acceptors (Lipinski definition) is 4. The van der Waals surface area contributed by atoms with Crippen LogP contribution in [0.4, 0.5) is 10.1 Å². The average Bonchev–Trinajstić information content (AvgIpc) is 3.03. The molecule has 0 aliphatic heterocycles. The summed E-state index contributed by atoms with van der Waals surface area (Å²) in [5.74, 6) is -1.55. The van der Waals surface area contributed by atoms with Gasteiger partial charge in [0.2, 0.25) is 11.8 Å². The second-order valence-corrected chi connectivity index (χ2v) is 13.0. The summed E-state index contributed by atoms with van der Waals surface area (Å²) in [7, 11) is -4.20. The highest BCUT2D eigenvalue weighted by molar-refractivity contribution is 7.92. The van der Waals surface area contributed by atoms with Crippen LogP contribution in [0.25, 0.3) is 0 Å². The summed E-state index contributed by atoms with van der Waals surface area (Å²) in [5, 5.41) is 2.93. The highest BCUT2D eigenvalue weighted by Crippen LogP contribution is 2.26. The smallest absolute Gasteiger partial charge is 0.264 e. The van der Waals surface area contributed by atoms with Crippen molar-refractivity contribution in [3.8, 4) is 0 Å². The van der Waals surface area contributed by atoms with Gasteiger partial charge in [-0.25, -0.2) is 12.8 Å². The van der Waals surface area contributed by atoms with E-state index in [1.54, 1.807) is 54.6 Å². The molecule has 9 heteroatoms. The minimum Gasteiger partial charge on any atom is -0.354 e. The number of anilines is 1. The summed E-state index contributed by atoms with van der Waals surface area (Å²) in [5.41, 5.74) is 3.13. The zero-order valence-electron chi connectivity index (χ0n) is 25.9. The van der Waals surface area contributed by atoms with Gasteiger partial charge in [0, 0.05) is 25.1 Å². The Balaban J connectivity index is 1.79. The molecule has 0 aromatic heterocycles. The van der Waals surface area contributed by atoms with Crippen LogP contribution in [0.15, 0.2) is 108 Å². The molecule has 0 aliphatic carbocycles. The molecule has 1 atom stereocenters. The number of halogens is 1. The highest BCUT2D eigenvalue weighted by Gasteiger charge is 2.35. The molecule has 1 N–H and O–H groups in total. The van der Waals surface area contributed by atoms with Crippen LogP contribution >= 0.6 is 0 Å². The van der Waals surface area contributed by atoms with Crippen molar-refractivity contribution in [1.29, 1.82) is 0 Å². The molecule has 0 fully saturated rings.